The average Bonchev–Trinajstić information content (AvgIpc) is 2.39. The molecule has 0 amide bonds. The summed E-state index contributed by atoms with van der Waals surface area (Å²) in [6.07, 6.45) is 0. The number of hydrogen-bond donors (Lipinski definition) is 2. The van der Waals surface area contributed by atoms with Crippen molar-refractivity contribution in [2.75, 3.05) is 18.2 Å². The molecule has 0 aliphatic carbocycles. The van der Waals surface area contributed by atoms with Crippen LogP contribution in [0.25, 0.3) is 0 Å². The molecule has 0 spiro atoms. The summed E-state index contributed by atoms with van der Waals surface area (Å²) in [6.45, 7) is 0. The molecule has 3 nitrogen and oxygen atoms in total. The Kier molecular flexibility index (Phi) is 3.90. The van der Waals surface area contributed by atoms with Gasteiger partial charge in [0.1, 0.15) is 11.4 Å². The van der Waals surface area contributed by atoms with Gasteiger partial charge in [-0.05, 0) is 46.3 Å². The van der Waals surface area contributed by atoms with Crippen molar-refractivity contribution in [1.82, 2.24) is 0 Å². The van der Waals surface area contributed by atoms with Crippen molar-refractivity contribution >= 4 is 33.0 Å². The maximum atomic E-state index is 13.6. The van der Waals surface area contributed by atoms with Gasteiger partial charge in [-0.2, -0.15) is 0 Å². The predicted octanol–water partition coefficient (Wildman–Crippen LogP) is 4.06. The summed E-state index contributed by atoms with van der Waals surface area (Å²) in [7, 11) is 1.54. The third-order valence-corrected chi connectivity index (χ3v) is 3.17. The van der Waals surface area contributed by atoms with Gasteiger partial charge in [-0.15, -0.1) is 0 Å². The van der Waals surface area contributed by atoms with Crippen LogP contribution < -0.4 is 15.8 Å². The monoisotopic (exact) mass is 328 g/mol. The summed E-state index contributed by atoms with van der Waals surface area (Å²) in [4.78, 5) is 0. The van der Waals surface area contributed by atoms with E-state index in [0.29, 0.717) is 15.9 Å². The zero-order valence-corrected chi connectivity index (χ0v) is 11.6. The minimum atomic E-state index is -1.01. The zero-order valence-electron chi connectivity index (χ0n) is 10.0. The smallest absolute Gasteiger partial charge is 0.184 e. The van der Waals surface area contributed by atoms with Crippen LogP contribution in [-0.4, -0.2) is 7.11 Å². The molecule has 6 heteroatoms. The molecule has 2 rings (SSSR count). The molecule has 0 bridgehead atoms. The van der Waals surface area contributed by atoms with Gasteiger partial charge in [0.25, 0.3) is 0 Å². The predicted molar refractivity (Wildman–Crippen MR) is 74.7 cm³/mol. The molecular formula is C13H11BrF2N2O. The van der Waals surface area contributed by atoms with Gasteiger partial charge in [0.15, 0.2) is 11.6 Å². The van der Waals surface area contributed by atoms with Crippen LogP contribution in [0.1, 0.15) is 0 Å². The Morgan fingerprint density at radius 2 is 1.95 bits per heavy atom. The Morgan fingerprint density at radius 1 is 1.21 bits per heavy atom. The lowest BCUT2D eigenvalue weighted by atomic mass is 10.2. The first-order valence-electron chi connectivity index (χ1n) is 5.37. The van der Waals surface area contributed by atoms with Crippen LogP contribution in [0, 0.1) is 11.6 Å². The highest BCUT2D eigenvalue weighted by molar-refractivity contribution is 9.10. The molecule has 0 fully saturated rings. The quantitative estimate of drug-likeness (QED) is 0.835. The molecule has 0 atom stereocenters. The van der Waals surface area contributed by atoms with Gasteiger partial charge in [-0.1, -0.05) is 0 Å². The van der Waals surface area contributed by atoms with Gasteiger partial charge in [0.05, 0.1) is 17.3 Å². The fraction of sp³-hybridized carbons (Fsp3) is 0.0769. The third kappa shape index (κ3) is 2.78. The molecular weight excluding hydrogens is 318 g/mol. The van der Waals surface area contributed by atoms with E-state index in [1.807, 2.05) is 0 Å². The first-order valence-corrected chi connectivity index (χ1v) is 6.16. The van der Waals surface area contributed by atoms with Crippen LogP contribution in [0.4, 0.5) is 25.8 Å². The molecule has 0 aliphatic rings. The largest absolute Gasteiger partial charge is 0.496 e. The van der Waals surface area contributed by atoms with E-state index in [0.717, 1.165) is 6.07 Å². The van der Waals surface area contributed by atoms with Gasteiger partial charge < -0.3 is 15.8 Å². The van der Waals surface area contributed by atoms with Gasteiger partial charge >= 0.3 is 0 Å². The number of nitrogen functional groups attached to an aromatic ring is 1. The standard InChI is InChI=1S/C13H11BrF2N2O/c1-19-11-5-2-7(6-8(11)14)18-13-10(17)4-3-9(15)12(13)16/h2-6,18H,17H2,1H3. The van der Waals surface area contributed by atoms with Gasteiger partial charge in [0.2, 0.25) is 0 Å². The Balaban J connectivity index is 2.36. The molecule has 3 N–H and O–H groups in total. The molecule has 0 aromatic heterocycles. The summed E-state index contributed by atoms with van der Waals surface area (Å²) in [5, 5.41) is 2.75. The SMILES string of the molecule is COc1ccc(Nc2c(N)ccc(F)c2F)cc1Br. The molecule has 2 aromatic rings. The van der Waals surface area contributed by atoms with Crippen molar-refractivity contribution in [1.29, 1.82) is 0 Å². The van der Waals surface area contributed by atoms with Crippen LogP contribution in [-0.2, 0) is 0 Å². The molecule has 19 heavy (non-hydrogen) atoms. The van der Waals surface area contributed by atoms with E-state index in [4.69, 9.17) is 10.5 Å². The highest BCUT2D eigenvalue weighted by Crippen LogP contribution is 2.32. The highest BCUT2D eigenvalue weighted by atomic mass is 79.9. The summed E-state index contributed by atoms with van der Waals surface area (Å²) >= 11 is 3.31. The fourth-order valence-corrected chi connectivity index (χ4v) is 2.12. The molecule has 100 valence electrons. The number of rotatable bonds is 3. The normalized spacial score (nSPS) is 10.3. The summed E-state index contributed by atoms with van der Waals surface area (Å²) < 4.78 is 32.6. The summed E-state index contributed by atoms with van der Waals surface area (Å²) in [5.74, 6) is -1.32. The first kappa shape index (κ1) is 13.6. The van der Waals surface area contributed by atoms with Crippen molar-refractivity contribution in [2.24, 2.45) is 0 Å². The second kappa shape index (κ2) is 5.44. The second-order valence-corrected chi connectivity index (χ2v) is 4.65. The number of halogens is 3. The first-order chi connectivity index (χ1) is 9.02. The number of methoxy groups -OCH3 is 1. The van der Waals surface area contributed by atoms with E-state index in [-0.39, 0.29) is 11.4 Å². The number of nitrogens with two attached hydrogens (primary N) is 1. The second-order valence-electron chi connectivity index (χ2n) is 3.80. The van der Waals surface area contributed by atoms with Gasteiger partial charge in [0, 0.05) is 5.69 Å². The van der Waals surface area contributed by atoms with E-state index in [9.17, 15) is 8.78 Å². The molecule has 0 saturated carbocycles. The fourth-order valence-electron chi connectivity index (χ4n) is 1.58. The van der Waals surface area contributed by atoms with Crippen LogP contribution in [0.3, 0.4) is 0 Å². The van der Waals surface area contributed by atoms with E-state index in [1.165, 1.54) is 13.2 Å². The number of anilines is 3. The summed E-state index contributed by atoms with van der Waals surface area (Å²) in [5.41, 5.74) is 6.23. The third-order valence-electron chi connectivity index (χ3n) is 2.55. The van der Waals surface area contributed by atoms with Gasteiger partial charge in [-0.3, -0.25) is 0 Å². The Morgan fingerprint density at radius 3 is 2.58 bits per heavy atom. The number of nitrogens with one attached hydrogen (secondary N) is 1. The molecule has 0 aliphatic heterocycles. The van der Waals surface area contributed by atoms with Crippen LogP contribution in [0.2, 0.25) is 0 Å². The minimum absolute atomic E-state index is 0.0860. The number of hydrogen-bond acceptors (Lipinski definition) is 3. The van der Waals surface area contributed by atoms with Crippen molar-refractivity contribution in [3.05, 3.63) is 46.4 Å². The van der Waals surface area contributed by atoms with Crippen LogP contribution in [0.15, 0.2) is 34.8 Å². The van der Waals surface area contributed by atoms with E-state index >= 15 is 0 Å². The van der Waals surface area contributed by atoms with Crippen molar-refractivity contribution in [3.8, 4) is 5.75 Å². The Labute approximate surface area is 117 Å². The number of ether oxygens (including phenoxy) is 1. The van der Waals surface area contributed by atoms with Gasteiger partial charge in [-0.25, -0.2) is 8.78 Å². The maximum absolute atomic E-state index is 13.6. The number of benzene rings is 2. The Hall–Kier alpha value is -1.82. The molecule has 0 unspecified atom stereocenters. The van der Waals surface area contributed by atoms with E-state index in [1.54, 1.807) is 18.2 Å². The Bertz CT molecular complexity index is 620. The van der Waals surface area contributed by atoms with Crippen LogP contribution >= 0.6 is 15.9 Å². The average molecular weight is 329 g/mol. The lowest BCUT2D eigenvalue weighted by Crippen LogP contribution is -2.01. The van der Waals surface area contributed by atoms with E-state index < -0.39 is 11.6 Å². The van der Waals surface area contributed by atoms with Crippen molar-refractivity contribution in [2.45, 2.75) is 0 Å². The lowest BCUT2D eigenvalue weighted by Gasteiger charge is -2.12. The zero-order chi connectivity index (χ0) is 14.0. The van der Waals surface area contributed by atoms with Crippen molar-refractivity contribution in [3.63, 3.8) is 0 Å². The van der Waals surface area contributed by atoms with Crippen molar-refractivity contribution < 1.29 is 13.5 Å². The molecule has 0 heterocycles. The van der Waals surface area contributed by atoms with E-state index in [2.05, 4.69) is 21.2 Å². The maximum Gasteiger partial charge on any atom is 0.184 e. The topological polar surface area (TPSA) is 47.3 Å². The molecule has 0 saturated heterocycles. The van der Waals surface area contributed by atoms with Crippen LogP contribution in [0.5, 0.6) is 5.75 Å². The minimum Gasteiger partial charge on any atom is -0.496 e. The molecule has 0 radical (unpaired) electrons. The summed E-state index contributed by atoms with van der Waals surface area (Å²) in [6, 6.07) is 7.34. The molecule has 2 aromatic carbocycles. The lowest BCUT2D eigenvalue weighted by molar-refractivity contribution is 0.412. The highest BCUT2D eigenvalue weighted by Gasteiger charge is 2.12.